The molecule has 2 bridgehead atoms. The molecule has 2 amide bonds. The lowest BCUT2D eigenvalue weighted by molar-refractivity contribution is -0.140. The second-order valence-corrected chi connectivity index (χ2v) is 6.98. The van der Waals surface area contributed by atoms with Gasteiger partial charge < -0.3 is 4.74 Å². The third-order valence-corrected chi connectivity index (χ3v) is 5.56. The fraction of sp³-hybridized carbons (Fsp3) is 0.353. The lowest BCUT2D eigenvalue weighted by Crippen LogP contribution is -2.28. The highest BCUT2D eigenvalue weighted by molar-refractivity contribution is 9.10. The number of hydrazone groups is 1. The molecule has 1 saturated carbocycles. The molecule has 0 aromatic heterocycles. The molecule has 1 saturated heterocycles. The number of methoxy groups -OCH3 is 1. The van der Waals surface area contributed by atoms with Crippen molar-refractivity contribution in [2.24, 2.45) is 28.8 Å². The topological polar surface area (TPSA) is 59.0 Å². The molecule has 1 aromatic rings. The average Bonchev–Trinajstić information content (AvgIpc) is 3.21. The largest absolute Gasteiger partial charge is 0.496 e. The number of carbonyl (C=O) groups is 2. The molecule has 4 atom stereocenters. The number of hydrogen-bond donors (Lipinski definition) is 0. The van der Waals surface area contributed by atoms with Gasteiger partial charge in [0.05, 0.1) is 29.6 Å². The van der Waals surface area contributed by atoms with Crippen LogP contribution in [0.5, 0.6) is 5.75 Å². The molecule has 4 rings (SSSR count). The van der Waals surface area contributed by atoms with E-state index in [0.29, 0.717) is 5.75 Å². The Labute approximate surface area is 142 Å². The smallest absolute Gasteiger partial charge is 0.254 e. The molecule has 23 heavy (non-hydrogen) atoms. The Morgan fingerprint density at radius 3 is 2.43 bits per heavy atom. The van der Waals surface area contributed by atoms with Crippen LogP contribution in [0.2, 0.25) is 0 Å². The number of allylic oxidation sites excluding steroid dienone is 2. The first kappa shape index (κ1) is 14.6. The summed E-state index contributed by atoms with van der Waals surface area (Å²) in [6, 6.07) is 5.46. The molecule has 5 nitrogen and oxygen atoms in total. The molecule has 1 aliphatic heterocycles. The van der Waals surface area contributed by atoms with Crippen LogP contribution in [0.15, 0.2) is 39.9 Å². The lowest BCUT2D eigenvalue weighted by atomic mass is 9.85. The molecule has 0 spiro atoms. The molecule has 0 N–H and O–H groups in total. The zero-order chi connectivity index (χ0) is 16.1. The number of hydrogen-bond acceptors (Lipinski definition) is 4. The summed E-state index contributed by atoms with van der Waals surface area (Å²) in [5.41, 5.74) is 0.788. The molecule has 118 valence electrons. The standard InChI is InChI=1S/C17H15BrN2O3/c1-23-13-5-2-9(6-12(13)18)8-19-20-16(21)14-10-3-4-11(7-10)15(14)17(20)22/h2-6,8,10-11,14-15H,7H2,1H3/b19-8-/t10-,11-,14-,15-/m0/s1. The molecule has 3 aliphatic rings. The maximum Gasteiger partial charge on any atom is 0.254 e. The maximum absolute atomic E-state index is 12.5. The summed E-state index contributed by atoms with van der Waals surface area (Å²) in [6.45, 7) is 0. The summed E-state index contributed by atoms with van der Waals surface area (Å²) in [5, 5.41) is 5.21. The van der Waals surface area contributed by atoms with Crippen molar-refractivity contribution < 1.29 is 14.3 Å². The highest BCUT2D eigenvalue weighted by atomic mass is 79.9. The molecule has 6 heteroatoms. The van der Waals surface area contributed by atoms with Crippen LogP contribution in [0.1, 0.15) is 12.0 Å². The Bertz CT molecular complexity index is 728. The second-order valence-electron chi connectivity index (χ2n) is 6.13. The van der Waals surface area contributed by atoms with Crippen molar-refractivity contribution in [1.82, 2.24) is 5.01 Å². The van der Waals surface area contributed by atoms with Gasteiger partial charge in [-0.05, 0) is 57.9 Å². The summed E-state index contributed by atoms with van der Waals surface area (Å²) in [5.74, 6) is 0.372. The molecular weight excluding hydrogens is 360 g/mol. The number of halogens is 1. The van der Waals surface area contributed by atoms with Crippen LogP contribution in [0.25, 0.3) is 0 Å². The average molecular weight is 375 g/mol. The molecule has 0 unspecified atom stereocenters. The SMILES string of the molecule is COc1ccc(/C=N\N2C(=O)[C@@H]3[C@@H](C2=O)[C@H]2C=C[C@H]3C2)cc1Br. The van der Waals surface area contributed by atoms with Gasteiger partial charge in [0.15, 0.2) is 0 Å². The van der Waals surface area contributed by atoms with E-state index in [1.807, 2.05) is 12.1 Å². The van der Waals surface area contributed by atoms with Crippen molar-refractivity contribution in [3.8, 4) is 5.75 Å². The zero-order valence-electron chi connectivity index (χ0n) is 12.5. The Hall–Kier alpha value is -1.95. The second kappa shape index (κ2) is 5.30. The molecule has 1 heterocycles. The van der Waals surface area contributed by atoms with Crippen LogP contribution < -0.4 is 4.74 Å². The third-order valence-electron chi connectivity index (χ3n) is 4.95. The summed E-state index contributed by atoms with van der Waals surface area (Å²) >= 11 is 3.41. The molecular formula is C17H15BrN2O3. The van der Waals surface area contributed by atoms with Gasteiger partial charge in [-0.15, -0.1) is 0 Å². The lowest BCUT2D eigenvalue weighted by Gasteiger charge is -2.13. The predicted octanol–water partition coefficient (Wildman–Crippen LogP) is 2.60. The first-order valence-corrected chi connectivity index (χ1v) is 8.33. The Morgan fingerprint density at radius 2 is 1.87 bits per heavy atom. The Morgan fingerprint density at radius 1 is 1.22 bits per heavy atom. The summed E-state index contributed by atoms with van der Waals surface area (Å²) < 4.78 is 5.97. The number of ether oxygens (including phenoxy) is 1. The van der Waals surface area contributed by atoms with Crippen LogP contribution in [0.3, 0.4) is 0 Å². The fourth-order valence-electron chi connectivity index (χ4n) is 3.89. The minimum absolute atomic E-state index is 0.166. The van der Waals surface area contributed by atoms with E-state index in [1.165, 1.54) is 6.21 Å². The number of imide groups is 1. The van der Waals surface area contributed by atoms with Gasteiger partial charge in [-0.2, -0.15) is 10.1 Å². The van der Waals surface area contributed by atoms with Crippen molar-refractivity contribution in [2.75, 3.05) is 7.11 Å². The summed E-state index contributed by atoms with van der Waals surface area (Å²) in [4.78, 5) is 25.0. The van der Waals surface area contributed by atoms with Crippen LogP contribution in [0, 0.1) is 23.7 Å². The van der Waals surface area contributed by atoms with Gasteiger partial charge in [-0.1, -0.05) is 12.2 Å². The number of carbonyl (C=O) groups excluding carboxylic acids is 2. The van der Waals surface area contributed by atoms with Gasteiger partial charge in [-0.25, -0.2) is 0 Å². The predicted molar refractivity (Wildman–Crippen MR) is 87.9 cm³/mol. The van der Waals surface area contributed by atoms with E-state index in [1.54, 1.807) is 13.2 Å². The highest BCUT2D eigenvalue weighted by Crippen LogP contribution is 2.52. The number of nitrogens with zero attached hydrogens (tertiary/aromatic N) is 2. The van der Waals surface area contributed by atoms with Crippen molar-refractivity contribution in [2.45, 2.75) is 6.42 Å². The van der Waals surface area contributed by atoms with E-state index in [9.17, 15) is 9.59 Å². The van der Waals surface area contributed by atoms with Gasteiger partial charge in [-0.3, -0.25) is 9.59 Å². The quantitative estimate of drug-likeness (QED) is 0.464. The van der Waals surface area contributed by atoms with E-state index in [-0.39, 0.29) is 35.5 Å². The van der Waals surface area contributed by atoms with Crippen molar-refractivity contribution in [3.63, 3.8) is 0 Å². The number of rotatable bonds is 3. The number of benzene rings is 1. The van der Waals surface area contributed by atoms with Crippen LogP contribution >= 0.6 is 15.9 Å². The maximum atomic E-state index is 12.5. The van der Waals surface area contributed by atoms with Gasteiger partial charge in [0, 0.05) is 0 Å². The Balaban J connectivity index is 1.57. The summed E-state index contributed by atoms with van der Waals surface area (Å²) in [7, 11) is 1.59. The number of fused-ring (bicyclic) bond motifs is 5. The van der Waals surface area contributed by atoms with Gasteiger partial charge in [0.1, 0.15) is 5.75 Å². The highest BCUT2D eigenvalue weighted by Gasteiger charge is 2.59. The first-order valence-electron chi connectivity index (χ1n) is 7.54. The van der Waals surface area contributed by atoms with Gasteiger partial charge >= 0.3 is 0 Å². The first-order chi connectivity index (χ1) is 11.1. The van der Waals surface area contributed by atoms with Crippen LogP contribution in [0.4, 0.5) is 0 Å². The van der Waals surface area contributed by atoms with E-state index in [4.69, 9.17) is 4.74 Å². The normalized spacial score (nSPS) is 31.5. The third kappa shape index (κ3) is 2.16. The molecule has 0 radical (unpaired) electrons. The van der Waals surface area contributed by atoms with E-state index < -0.39 is 0 Å². The minimum Gasteiger partial charge on any atom is -0.496 e. The monoisotopic (exact) mass is 374 g/mol. The van der Waals surface area contributed by atoms with Crippen LogP contribution in [-0.4, -0.2) is 30.1 Å². The molecule has 2 fully saturated rings. The van der Waals surface area contributed by atoms with E-state index in [0.717, 1.165) is 21.5 Å². The molecule has 1 aromatic carbocycles. The van der Waals surface area contributed by atoms with E-state index in [2.05, 4.69) is 33.2 Å². The number of amides is 2. The minimum atomic E-state index is -0.211. The van der Waals surface area contributed by atoms with Gasteiger partial charge in [0.2, 0.25) is 0 Å². The summed E-state index contributed by atoms with van der Waals surface area (Å²) in [6.07, 6.45) is 6.61. The van der Waals surface area contributed by atoms with Gasteiger partial charge in [0.25, 0.3) is 11.8 Å². The zero-order valence-corrected chi connectivity index (χ0v) is 14.1. The Kier molecular flexibility index (Phi) is 3.37. The van der Waals surface area contributed by atoms with Crippen molar-refractivity contribution >= 4 is 34.0 Å². The fourth-order valence-corrected chi connectivity index (χ4v) is 4.45. The van der Waals surface area contributed by atoms with Crippen LogP contribution in [-0.2, 0) is 9.59 Å². The van der Waals surface area contributed by atoms with Crippen molar-refractivity contribution in [3.05, 3.63) is 40.4 Å². The van der Waals surface area contributed by atoms with Crippen molar-refractivity contribution in [1.29, 1.82) is 0 Å². The molecule has 2 aliphatic carbocycles. The van der Waals surface area contributed by atoms with E-state index >= 15 is 0 Å².